The first-order chi connectivity index (χ1) is 0. The molecular formula is CaCoMgMnNi. The van der Waals surface area contributed by atoms with E-state index in [-0.39, 0.29) is 111 Å². The summed E-state index contributed by atoms with van der Waals surface area (Å²) in [6, 6.07) is 0. The molecule has 0 nitrogen and oxygen atoms in total. The van der Waals surface area contributed by atoms with Crippen LogP contribution in [0.2, 0.25) is 0 Å². The molecule has 30 valence electrons. The summed E-state index contributed by atoms with van der Waals surface area (Å²) in [7, 11) is 0. The van der Waals surface area contributed by atoms with Gasteiger partial charge in [0.25, 0.3) is 0 Å². The van der Waals surface area contributed by atoms with Crippen molar-refractivity contribution in [1.82, 2.24) is 0 Å². The van der Waals surface area contributed by atoms with E-state index in [4.69, 9.17) is 0 Å². The fraction of sp³-hybridized carbons (Fsp3) is 0. The zero-order valence-electron chi connectivity index (χ0n) is 2.44. The summed E-state index contributed by atoms with van der Waals surface area (Å²) >= 11 is 0. The second-order valence-electron chi connectivity index (χ2n) is 0. The summed E-state index contributed by atoms with van der Waals surface area (Å²) in [5.41, 5.74) is 0. The molecule has 0 aromatic rings. The molecule has 0 amide bonds. The Morgan fingerprint density at radius 1 is 1.00 bits per heavy atom. The van der Waals surface area contributed by atoms with Crippen molar-refractivity contribution in [3.05, 3.63) is 0 Å². The van der Waals surface area contributed by atoms with Crippen LogP contribution >= 0.6 is 0 Å². The first kappa shape index (κ1) is 38.7. The zero-order valence-corrected chi connectivity index (χ0v) is 9.27. The van der Waals surface area contributed by atoms with E-state index in [1.54, 1.807) is 0 Å². The van der Waals surface area contributed by atoms with Gasteiger partial charge in [-0.2, -0.15) is 0 Å². The van der Waals surface area contributed by atoms with Crippen LogP contribution < -0.4 is 0 Å². The van der Waals surface area contributed by atoms with Gasteiger partial charge in [0.1, 0.15) is 0 Å². The van der Waals surface area contributed by atoms with Gasteiger partial charge in [-0.3, -0.25) is 0 Å². The summed E-state index contributed by atoms with van der Waals surface area (Å²) in [6.45, 7) is 0. The predicted octanol–water partition coefficient (Wildman–Crippen LogP) is -0.769. The fourth-order valence-electron chi connectivity index (χ4n) is 0. The topological polar surface area (TPSA) is 0 Å². The Bertz CT molecular complexity index is 11.6. The van der Waals surface area contributed by atoms with Crippen molar-refractivity contribution in [2.45, 2.75) is 0 Å². The summed E-state index contributed by atoms with van der Waals surface area (Å²) in [5.74, 6) is 0. The largest absolute Gasteiger partial charge is 0 e. The Kier molecular flexibility index (Phi) is 199. The third-order valence-electron chi connectivity index (χ3n) is 0. The molecule has 0 aliphatic rings. The molecule has 6 radical (unpaired) electrons. The molecule has 0 bridgehead atoms. The van der Waals surface area contributed by atoms with Crippen molar-refractivity contribution in [1.29, 1.82) is 0 Å². The number of hydrogen-bond acceptors (Lipinski definition) is 0. The molecule has 0 atom stereocenters. The van der Waals surface area contributed by atoms with Gasteiger partial charge in [-0.1, -0.05) is 0 Å². The van der Waals surface area contributed by atoms with Crippen molar-refractivity contribution in [2.75, 3.05) is 0 Å². The van der Waals surface area contributed by atoms with Gasteiger partial charge in [-0.05, 0) is 0 Å². The SMILES string of the molecule is [Ca].[Co].[Mg].[Mn].[Ni]. The van der Waals surface area contributed by atoms with E-state index in [0.29, 0.717) is 0 Å². The first-order valence-electron chi connectivity index (χ1n) is 0. The molecule has 0 fully saturated rings. The molecule has 0 rings (SSSR count). The van der Waals surface area contributed by atoms with Gasteiger partial charge >= 0.3 is 0 Å². The second-order valence-corrected chi connectivity index (χ2v) is 0. The third-order valence-corrected chi connectivity index (χ3v) is 0. The van der Waals surface area contributed by atoms with Crippen LogP contribution in [0.3, 0.4) is 0 Å². The molecule has 0 N–H and O–H groups in total. The molecule has 5 heteroatoms. The average Bonchev–Trinajstić information content (AvgIpc) is 0. The van der Waals surface area contributed by atoms with Crippen molar-refractivity contribution < 1.29 is 50.3 Å². The molecule has 0 aliphatic heterocycles. The average molecular weight is 237 g/mol. The van der Waals surface area contributed by atoms with E-state index in [9.17, 15) is 0 Å². The Balaban J connectivity index is 0. The van der Waals surface area contributed by atoms with Gasteiger partial charge in [0, 0.05) is 111 Å². The minimum atomic E-state index is 0. The van der Waals surface area contributed by atoms with E-state index >= 15 is 0 Å². The maximum Gasteiger partial charge on any atom is 0 e. The third kappa shape index (κ3) is 18.5. The van der Waals surface area contributed by atoms with Crippen LogP contribution in [0.15, 0.2) is 0 Å². The van der Waals surface area contributed by atoms with E-state index < -0.39 is 0 Å². The van der Waals surface area contributed by atoms with Crippen LogP contribution in [0, 0.1) is 0 Å². The van der Waals surface area contributed by atoms with Crippen molar-refractivity contribution in [3.63, 3.8) is 0 Å². The Hall–Kier alpha value is 3.55. The predicted molar refractivity (Wildman–Crippen MR) is 11.5 cm³/mol. The summed E-state index contributed by atoms with van der Waals surface area (Å²) < 4.78 is 0. The van der Waals surface area contributed by atoms with Gasteiger partial charge in [0.15, 0.2) is 0 Å². The summed E-state index contributed by atoms with van der Waals surface area (Å²) in [6.07, 6.45) is 0. The molecule has 0 aromatic heterocycles. The molecular weight excluding hydrogens is 237 g/mol. The Morgan fingerprint density at radius 2 is 1.00 bits per heavy atom. The van der Waals surface area contributed by atoms with Crippen molar-refractivity contribution in [2.24, 2.45) is 0 Å². The molecule has 0 aliphatic carbocycles. The van der Waals surface area contributed by atoms with Crippen LogP contribution in [-0.2, 0) is 50.3 Å². The van der Waals surface area contributed by atoms with Crippen molar-refractivity contribution >= 4 is 60.8 Å². The first-order valence-corrected chi connectivity index (χ1v) is 0. The Labute approximate surface area is 109 Å². The van der Waals surface area contributed by atoms with Crippen LogP contribution in [0.25, 0.3) is 0 Å². The standard InChI is InChI=1S/Ca.Co.Mg.Mn.Ni. The normalized spacial score (nSPS) is 0. The van der Waals surface area contributed by atoms with Crippen molar-refractivity contribution in [3.8, 4) is 0 Å². The molecule has 0 aromatic carbocycles. The van der Waals surface area contributed by atoms with Gasteiger partial charge in [-0.25, -0.2) is 0 Å². The molecule has 0 heterocycles. The monoisotopic (exact) mass is 236 g/mol. The van der Waals surface area contributed by atoms with Crippen LogP contribution in [-0.4, -0.2) is 60.8 Å². The van der Waals surface area contributed by atoms with E-state index in [1.807, 2.05) is 0 Å². The fourth-order valence-corrected chi connectivity index (χ4v) is 0. The summed E-state index contributed by atoms with van der Waals surface area (Å²) in [5, 5.41) is 0. The van der Waals surface area contributed by atoms with Crippen LogP contribution in [0.4, 0.5) is 0 Å². The van der Waals surface area contributed by atoms with E-state index in [1.165, 1.54) is 0 Å². The number of hydrogen-bond donors (Lipinski definition) is 0. The number of rotatable bonds is 0. The van der Waals surface area contributed by atoms with Gasteiger partial charge in [0.2, 0.25) is 0 Å². The second kappa shape index (κ2) is 25.7. The van der Waals surface area contributed by atoms with Crippen LogP contribution in [0.5, 0.6) is 0 Å². The minimum Gasteiger partial charge on any atom is 0 e. The zero-order chi connectivity index (χ0) is 0. The maximum absolute atomic E-state index is 0. The summed E-state index contributed by atoms with van der Waals surface area (Å²) in [4.78, 5) is 0. The quantitative estimate of drug-likeness (QED) is 0.485. The Morgan fingerprint density at radius 3 is 1.00 bits per heavy atom. The van der Waals surface area contributed by atoms with Crippen LogP contribution in [0.1, 0.15) is 0 Å². The maximum atomic E-state index is 0. The van der Waals surface area contributed by atoms with E-state index in [2.05, 4.69) is 0 Å². The molecule has 0 unspecified atom stereocenters. The van der Waals surface area contributed by atoms with Gasteiger partial charge < -0.3 is 0 Å². The molecule has 0 saturated heterocycles. The molecule has 5 heavy (non-hydrogen) atoms. The van der Waals surface area contributed by atoms with Gasteiger partial charge in [-0.15, -0.1) is 0 Å². The van der Waals surface area contributed by atoms with Gasteiger partial charge in [0.05, 0.1) is 0 Å². The molecule has 0 saturated carbocycles. The smallest absolute Gasteiger partial charge is 0 e. The van der Waals surface area contributed by atoms with E-state index in [0.717, 1.165) is 0 Å². The minimum absolute atomic E-state index is 0. The molecule has 0 spiro atoms.